The Balaban J connectivity index is 2.43. The number of nitrogens with one attached hydrogen (secondary N) is 1. The molecule has 1 saturated heterocycles. The molecule has 0 spiro atoms. The first kappa shape index (κ1) is 10.6. The molecule has 4 heteroatoms. The van der Waals surface area contributed by atoms with Crippen molar-refractivity contribution in [1.29, 1.82) is 0 Å². The van der Waals surface area contributed by atoms with Gasteiger partial charge in [0.05, 0.1) is 7.85 Å². The molecule has 2 N–H and O–H groups in total. The number of carbonyl (C=O) groups is 1. The first-order chi connectivity index (χ1) is 6.21. The Hall–Kier alpha value is -0.505. The minimum Gasteiger partial charge on any atom is -0.480 e. The molecular weight excluding hydrogens is 165 g/mol. The second-order valence-corrected chi connectivity index (χ2v) is 3.66. The maximum absolute atomic E-state index is 11.0. The molecule has 3 nitrogen and oxygen atoms in total. The lowest BCUT2D eigenvalue weighted by molar-refractivity contribution is -0.144. The van der Waals surface area contributed by atoms with Crippen LogP contribution in [0.1, 0.15) is 32.1 Å². The van der Waals surface area contributed by atoms with Gasteiger partial charge in [-0.2, -0.15) is 0 Å². The molecule has 1 heterocycles. The summed E-state index contributed by atoms with van der Waals surface area (Å²) in [5, 5.41) is 12.2. The largest absolute Gasteiger partial charge is 0.480 e. The number of carboxylic acid groups (broad SMARTS) is 1. The highest BCUT2D eigenvalue weighted by atomic mass is 16.4. The van der Waals surface area contributed by atoms with E-state index in [9.17, 15) is 4.79 Å². The Kier molecular flexibility index (Phi) is 3.79. The molecule has 0 saturated carbocycles. The summed E-state index contributed by atoms with van der Waals surface area (Å²) < 4.78 is 0. The van der Waals surface area contributed by atoms with E-state index < -0.39 is 11.5 Å². The van der Waals surface area contributed by atoms with Gasteiger partial charge in [-0.05, 0) is 25.8 Å². The van der Waals surface area contributed by atoms with Gasteiger partial charge >= 0.3 is 5.97 Å². The van der Waals surface area contributed by atoms with E-state index in [0.29, 0.717) is 12.7 Å². The number of rotatable bonds is 5. The number of unbranched alkanes of at least 4 members (excludes halogenated alkanes) is 1. The average molecular weight is 181 g/mol. The van der Waals surface area contributed by atoms with Crippen molar-refractivity contribution in [3.05, 3.63) is 0 Å². The fraction of sp³-hybridized carbons (Fsp3) is 0.889. The summed E-state index contributed by atoms with van der Waals surface area (Å²) >= 11 is 0. The zero-order valence-corrected chi connectivity index (χ0v) is 7.88. The molecule has 2 radical (unpaired) electrons. The van der Waals surface area contributed by atoms with E-state index in [0.717, 1.165) is 32.2 Å². The van der Waals surface area contributed by atoms with Gasteiger partial charge in [-0.15, -0.1) is 0 Å². The van der Waals surface area contributed by atoms with Gasteiger partial charge in [0, 0.05) is 0 Å². The van der Waals surface area contributed by atoms with E-state index in [4.69, 9.17) is 13.0 Å². The number of hydrogen-bond acceptors (Lipinski definition) is 2. The highest BCUT2D eigenvalue weighted by molar-refractivity contribution is 6.08. The van der Waals surface area contributed by atoms with Crippen LogP contribution in [0, 0.1) is 0 Å². The van der Waals surface area contributed by atoms with Crippen LogP contribution in [0.15, 0.2) is 0 Å². The minimum atomic E-state index is -0.706. The van der Waals surface area contributed by atoms with Crippen LogP contribution in [0.4, 0.5) is 0 Å². The first-order valence-electron chi connectivity index (χ1n) is 4.90. The van der Waals surface area contributed by atoms with Gasteiger partial charge < -0.3 is 10.4 Å². The normalized spacial score (nSPS) is 27.7. The first-order valence-corrected chi connectivity index (χ1v) is 4.90. The van der Waals surface area contributed by atoms with Crippen LogP contribution >= 0.6 is 0 Å². The fourth-order valence-electron chi connectivity index (χ4n) is 1.88. The molecule has 72 valence electrons. The van der Waals surface area contributed by atoms with Gasteiger partial charge in [-0.1, -0.05) is 19.2 Å². The van der Waals surface area contributed by atoms with E-state index in [-0.39, 0.29) is 0 Å². The van der Waals surface area contributed by atoms with Crippen molar-refractivity contribution in [2.75, 3.05) is 6.54 Å². The summed E-state index contributed by atoms with van der Waals surface area (Å²) in [5.74, 6) is -0.706. The van der Waals surface area contributed by atoms with Crippen molar-refractivity contribution >= 4 is 13.8 Å². The summed E-state index contributed by atoms with van der Waals surface area (Å²) in [5.41, 5.74) is -0.644. The number of hydrogen-bond donors (Lipinski definition) is 2. The van der Waals surface area contributed by atoms with E-state index in [1.165, 1.54) is 0 Å². The molecule has 1 unspecified atom stereocenters. The lowest BCUT2D eigenvalue weighted by Crippen LogP contribution is -2.47. The summed E-state index contributed by atoms with van der Waals surface area (Å²) in [6, 6.07) is 0. The third-order valence-corrected chi connectivity index (χ3v) is 2.71. The summed E-state index contributed by atoms with van der Waals surface area (Å²) in [4.78, 5) is 11.0. The lowest BCUT2D eigenvalue weighted by Gasteiger charge is -2.24. The molecule has 13 heavy (non-hydrogen) atoms. The van der Waals surface area contributed by atoms with Crippen molar-refractivity contribution < 1.29 is 9.90 Å². The van der Waals surface area contributed by atoms with E-state index >= 15 is 0 Å². The van der Waals surface area contributed by atoms with Crippen LogP contribution in [-0.2, 0) is 4.79 Å². The molecule has 0 aromatic carbocycles. The fourth-order valence-corrected chi connectivity index (χ4v) is 1.88. The summed E-state index contributed by atoms with van der Waals surface area (Å²) in [7, 11) is 5.36. The van der Waals surface area contributed by atoms with E-state index in [1.807, 2.05) is 0 Å². The van der Waals surface area contributed by atoms with Crippen molar-refractivity contribution in [3.8, 4) is 0 Å². The molecule has 1 atom stereocenters. The van der Waals surface area contributed by atoms with Crippen molar-refractivity contribution in [2.45, 2.75) is 44.0 Å². The third kappa shape index (κ3) is 2.47. The zero-order chi connectivity index (χ0) is 9.73. The molecule has 1 fully saturated rings. The molecular formula is C9H16BNO2. The third-order valence-electron chi connectivity index (χ3n) is 2.71. The second-order valence-electron chi connectivity index (χ2n) is 3.66. The quantitative estimate of drug-likeness (QED) is 0.490. The van der Waals surface area contributed by atoms with Crippen LogP contribution in [0.3, 0.4) is 0 Å². The van der Waals surface area contributed by atoms with Crippen LogP contribution < -0.4 is 5.32 Å². The SMILES string of the molecule is [B]CCCCC1(C(=O)O)CCCN1. The molecule has 0 aliphatic carbocycles. The number of aliphatic carboxylic acids is 1. The second kappa shape index (κ2) is 4.65. The van der Waals surface area contributed by atoms with Crippen LogP contribution in [0.2, 0.25) is 6.32 Å². The Morgan fingerprint density at radius 1 is 1.54 bits per heavy atom. The smallest absolute Gasteiger partial charge is 0.323 e. The molecule has 0 amide bonds. The zero-order valence-electron chi connectivity index (χ0n) is 7.88. The predicted molar refractivity (Wildman–Crippen MR) is 52.0 cm³/mol. The molecule has 0 bridgehead atoms. The van der Waals surface area contributed by atoms with Crippen LogP contribution in [-0.4, -0.2) is 31.0 Å². The topological polar surface area (TPSA) is 49.3 Å². The standard InChI is InChI=1S/C9H16BNO2/c10-6-2-1-4-9(8(12)13)5-3-7-11-9/h11H,1-7H2,(H,12,13). The summed E-state index contributed by atoms with van der Waals surface area (Å²) in [6.45, 7) is 0.828. The van der Waals surface area contributed by atoms with Gasteiger partial charge in [-0.3, -0.25) is 4.79 Å². The maximum Gasteiger partial charge on any atom is 0.323 e. The highest BCUT2D eigenvalue weighted by Crippen LogP contribution is 2.25. The molecule has 1 aliphatic heterocycles. The van der Waals surface area contributed by atoms with Crippen LogP contribution in [0.25, 0.3) is 0 Å². The highest BCUT2D eigenvalue weighted by Gasteiger charge is 2.39. The lowest BCUT2D eigenvalue weighted by atomic mass is 9.89. The van der Waals surface area contributed by atoms with Gasteiger partial charge in [-0.25, -0.2) is 0 Å². The molecule has 0 aromatic heterocycles. The Morgan fingerprint density at radius 2 is 2.31 bits per heavy atom. The van der Waals surface area contributed by atoms with Gasteiger partial charge in [0.1, 0.15) is 5.54 Å². The van der Waals surface area contributed by atoms with Crippen molar-refractivity contribution in [1.82, 2.24) is 5.32 Å². The van der Waals surface area contributed by atoms with Crippen LogP contribution in [0.5, 0.6) is 0 Å². The van der Waals surface area contributed by atoms with E-state index in [2.05, 4.69) is 5.32 Å². The minimum absolute atomic E-state index is 0.644. The predicted octanol–water partition coefficient (Wildman–Crippen LogP) is 0.950. The molecule has 1 rings (SSSR count). The van der Waals surface area contributed by atoms with Crippen molar-refractivity contribution in [2.24, 2.45) is 0 Å². The average Bonchev–Trinajstić information content (AvgIpc) is 2.55. The molecule has 1 aliphatic rings. The van der Waals surface area contributed by atoms with Gasteiger partial charge in [0.2, 0.25) is 0 Å². The maximum atomic E-state index is 11.0. The Bertz CT molecular complexity index is 178. The monoisotopic (exact) mass is 181 g/mol. The Morgan fingerprint density at radius 3 is 2.77 bits per heavy atom. The van der Waals surface area contributed by atoms with Gasteiger partial charge in [0.25, 0.3) is 0 Å². The Labute approximate surface area is 80.3 Å². The molecule has 0 aromatic rings. The van der Waals surface area contributed by atoms with E-state index in [1.54, 1.807) is 0 Å². The van der Waals surface area contributed by atoms with Crippen molar-refractivity contribution in [3.63, 3.8) is 0 Å². The number of carboxylic acids is 1. The van der Waals surface area contributed by atoms with Gasteiger partial charge in [0.15, 0.2) is 0 Å². The summed E-state index contributed by atoms with van der Waals surface area (Å²) in [6.07, 6.45) is 4.89.